The van der Waals surface area contributed by atoms with Crippen molar-refractivity contribution in [3.8, 4) is 6.07 Å². The third kappa shape index (κ3) is 3.37. The van der Waals surface area contributed by atoms with Crippen LogP contribution < -0.4 is 10.2 Å². The zero-order chi connectivity index (χ0) is 16.4. The first-order valence-corrected chi connectivity index (χ1v) is 8.33. The van der Waals surface area contributed by atoms with Crippen LogP contribution in [0.15, 0.2) is 29.2 Å². The number of anilines is 1. The summed E-state index contributed by atoms with van der Waals surface area (Å²) in [6.07, 6.45) is 1.76. The number of para-hydroxylation sites is 1. The van der Waals surface area contributed by atoms with Crippen LogP contribution in [0.2, 0.25) is 0 Å². The zero-order valence-corrected chi connectivity index (χ0v) is 13.1. The molecule has 1 N–H and O–H groups in total. The van der Waals surface area contributed by atoms with Crippen LogP contribution in [0.5, 0.6) is 0 Å². The molecule has 0 saturated heterocycles. The second kappa shape index (κ2) is 6.42. The van der Waals surface area contributed by atoms with Gasteiger partial charge in [0.25, 0.3) is 0 Å². The SMILES string of the molecule is N#C[C@H](C(=O)CN1C(=O)CSc2ccccc21)C(=O)NC1CC1. The van der Waals surface area contributed by atoms with Crippen LogP contribution in [-0.2, 0) is 14.4 Å². The lowest BCUT2D eigenvalue weighted by Gasteiger charge is -2.28. The second-order valence-corrected chi connectivity index (χ2v) is 6.56. The summed E-state index contributed by atoms with van der Waals surface area (Å²) in [7, 11) is 0. The maximum Gasteiger partial charge on any atom is 0.245 e. The van der Waals surface area contributed by atoms with Gasteiger partial charge in [-0.2, -0.15) is 5.26 Å². The molecule has 1 aliphatic carbocycles. The number of amides is 2. The number of carbonyl (C=O) groups is 3. The number of nitrogens with zero attached hydrogens (tertiary/aromatic N) is 2. The van der Waals surface area contributed by atoms with E-state index in [2.05, 4.69) is 5.32 Å². The van der Waals surface area contributed by atoms with Gasteiger partial charge in [-0.05, 0) is 25.0 Å². The Kier molecular flexibility index (Phi) is 4.35. The van der Waals surface area contributed by atoms with Gasteiger partial charge in [0.2, 0.25) is 11.8 Å². The number of hydrogen-bond acceptors (Lipinski definition) is 5. The highest BCUT2D eigenvalue weighted by molar-refractivity contribution is 8.00. The summed E-state index contributed by atoms with van der Waals surface area (Å²) in [6.45, 7) is -0.257. The largest absolute Gasteiger partial charge is 0.352 e. The van der Waals surface area contributed by atoms with Crippen molar-refractivity contribution in [2.75, 3.05) is 17.2 Å². The Labute approximate surface area is 137 Å². The van der Waals surface area contributed by atoms with Crippen LogP contribution in [-0.4, -0.2) is 35.9 Å². The van der Waals surface area contributed by atoms with Gasteiger partial charge < -0.3 is 10.2 Å². The lowest BCUT2D eigenvalue weighted by atomic mass is 10.0. The van der Waals surface area contributed by atoms with Crippen LogP contribution in [0.3, 0.4) is 0 Å². The number of thioether (sulfide) groups is 1. The van der Waals surface area contributed by atoms with Crippen molar-refractivity contribution in [3.05, 3.63) is 24.3 Å². The fraction of sp³-hybridized carbons (Fsp3) is 0.375. The molecule has 1 atom stereocenters. The first-order chi connectivity index (χ1) is 11.1. The van der Waals surface area contributed by atoms with Gasteiger partial charge in [-0.1, -0.05) is 12.1 Å². The van der Waals surface area contributed by atoms with Crippen molar-refractivity contribution in [2.45, 2.75) is 23.8 Å². The number of Topliss-reactive ketones (excluding diaryl/α,β-unsaturated/α-hetero) is 1. The Morgan fingerprint density at radius 3 is 2.83 bits per heavy atom. The first-order valence-electron chi connectivity index (χ1n) is 7.35. The highest BCUT2D eigenvalue weighted by Gasteiger charge is 2.34. The third-order valence-electron chi connectivity index (χ3n) is 3.76. The van der Waals surface area contributed by atoms with Crippen LogP contribution in [0.4, 0.5) is 5.69 Å². The van der Waals surface area contributed by atoms with Crippen molar-refractivity contribution in [1.82, 2.24) is 5.32 Å². The van der Waals surface area contributed by atoms with Crippen molar-refractivity contribution in [3.63, 3.8) is 0 Å². The van der Waals surface area contributed by atoms with E-state index in [0.717, 1.165) is 17.7 Å². The van der Waals surface area contributed by atoms with Gasteiger partial charge in [-0.3, -0.25) is 14.4 Å². The molecule has 2 amide bonds. The Balaban J connectivity index is 1.74. The van der Waals surface area contributed by atoms with Crippen LogP contribution >= 0.6 is 11.8 Å². The molecule has 1 aromatic rings. The fourth-order valence-electron chi connectivity index (χ4n) is 2.36. The Bertz CT molecular complexity index is 709. The van der Waals surface area contributed by atoms with Gasteiger partial charge in [-0.25, -0.2) is 0 Å². The molecule has 23 heavy (non-hydrogen) atoms. The summed E-state index contributed by atoms with van der Waals surface area (Å²) in [5, 5.41) is 11.8. The minimum absolute atomic E-state index is 0.0832. The minimum Gasteiger partial charge on any atom is -0.352 e. The van der Waals surface area contributed by atoms with E-state index in [9.17, 15) is 14.4 Å². The number of nitriles is 1. The molecule has 3 rings (SSSR count). The molecule has 0 unspecified atom stereocenters. The van der Waals surface area contributed by atoms with Crippen LogP contribution in [0, 0.1) is 17.2 Å². The maximum absolute atomic E-state index is 12.4. The quantitative estimate of drug-likeness (QED) is 0.817. The van der Waals surface area contributed by atoms with Crippen molar-refractivity contribution in [2.24, 2.45) is 5.92 Å². The normalized spacial score (nSPS) is 17.9. The van der Waals surface area contributed by atoms with E-state index >= 15 is 0 Å². The number of benzene rings is 1. The summed E-state index contributed by atoms with van der Waals surface area (Å²) < 4.78 is 0. The highest BCUT2D eigenvalue weighted by Crippen LogP contribution is 2.34. The molecule has 1 saturated carbocycles. The summed E-state index contributed by atoms with van der Waals surface area (Å²) in [5.41, 5.74) is 0.654. The van der Waals surface area contributed by atoms with E-state index < -0.39 is 17.6 Å². The van der Waals surface area contributed by atoms with E-state index in [0.29, 0.717) is 5.69 Å². The molecule has 2 aliphatic rings. The van der Waals surface area contributed by atoms with Gasteiger partial charge in [-0.15, -0.1) is 11.8 Å². The predicted octanol–water partition coefficient (Wildman–Crippen LogP) is 1.11. The van der Waals surface area contributed by atoms with E-state index in [1.165, 1.54) is 16.7 Å². The van der Waals surface area contributed by atoms with Crippen LogP contribution in [0.1, 0.15) is 12.8 Å². The molecule has 0 radical (unpaired) electrons. The van der Waals surface area contributed by atoms with Gasteiger partial charge in [0.15, 0.2) is 11.7 Å². The molecule has 0 bridgehead atoms. The second-order valence-electron chi connectivity index (χ2n) is 5.55. The molecular formula is C16H15N3O3S. The van der Waals surface area contributed by atoms with Gasteiger partial charge >= 0.3 is 0 Å². The number of nitrogens with one attached hydrogen (secondary N) is 1. The van der Waals surface area contributed by atoms with Crippen molar-refractivity contribution >= 4 is 35.0 Å². The molecule has 0 aromatic heterocycles. The average Bonchev–Trinajstić information content (AvgIpc) is 3.35. The Morgan fingerprint density at radius 1 is 1.39 bits per heavy atom. The number of carbonyl (C=O) groups excluding carboxylic acids is 3. The number of ketones is 1. The first kappa shape index (κ1) is 15.6. The van der Waals surface area contributed by atoms with E-state index in [1.807, 2.05) is 12.1 Å². The summed E-state index contributed by atoms with van der Waals surface area (Å²) in [5.74, 6) is -2.44. The molecule has 7 heteroatoms. The summed E-state index contributed by atoms with van der Waals surface area (Å²) >= 11 is 1.42. The molecule has 0 spiro atoms. The van der Waals surface area contributed by atoms with Gasteiger partial charge in [0.05, 0.1) is 24.1 Å². The minimum atomic E-state index is -1.37. The number of rotatable bonds is 5. The predicted molar refractivity (Wildman–Crippen MR) is 84.8 cm³/mol. The number of fused-ring (bicyclic) bond motifs is 1. The van der Waals surface area contributed by atoms with Crippen LogP contribution in [0.25, 0.3) is 0 Å². The average molecular weight is 329 g/mol. The Hall–Kier alpha value is -2.33. The molecule has 1 aliphatic heterocycles. The monoisotopic (exact) mass is 329 g/mol. The smallest absolute Gasteiger partial charge is 0.245 e. The molecule has 1 heterocycles. The Morgan fingerprint density at radius 2 is 2.13 bits per heavy atom. The standard InChI is InChI=1S/C16H15N3O3S/c17-7-11(16(22)18-10-5-6-10)13(20)8-19-12-3-1-2-4-14(12)23-9-15(19)21/h1-4,10-11H,5-6,8-9H2,(H,18,22)/t11-/m1/s1. The van der Waals surface area contributed by atoms with Gasteiger partial charge in [0.1, 0.15) is 0 Å². The summed E-state index contributed by atoms with van der Waals surface area (Å²) in [6, 6.07) is 9.14. The zero-order valence-electron chi connectivity index (χ0n) is 12.3. The molecule has 1 fully saturated rings. The molecular weight excluding hydrogens is 314 g/mol. The van der Waals surface area contributed by atoms with Gasteiger partial charge in [0, 0.05) is 10.9 Å². The number of hydrogen-bond donors (Lipinski definition) is 1. The van der Waals surface area contributed by atoms with Crippen molar-refractivity contribution in [1.29, 1.82) is 5.26 Å². The molecule has 6 nitrogen and oxygen atoms in total. The topological polar surface area (TPSA) is 90.3 Å². The third-order valence-corrected chi connectivity index (χ3v) is 4.81. The van der Waals surface area contributed by atoms with E-state index in [1.54, 1.807) is 18.2 Å². The molecule has 1 aromatic carbocycles. The van der Waals surface area contributed by atoms with E-state index in [4.69, 9.17) is 5.26 Å². The fourth-order valence-corrected chi connectivity index (χ4v) is 3.30. The maximum atomic E-state index is 12.4. The van der Waals surface area contributed by atoms with E-state index in [-0.39, 0.29) is 24.2 Å². The molecule has 118 valence electrons. The lowest BCUT2D eigenvalue weighted by molar-refractivity contribution is -0.132. The highest BCUT2D eigenvalue weighted by atomic mass is 32.2. The summed E-state index contributed by atoms with van der Waals surface area (Å²) in [4.78, 5) is 38.7. The van der Waals surface area contributed by atoms with Crippen molar-refractivity contribution < 1.29 is 14.4 Å². The lowest BCUT2D eigenvalue weighted by Crippen LogP contribution is -2.44.